The van der Waals surface area contributed by atoms with Gasteiger partial charge in [0.1, 0.15) is 23.2 Å². The molecule has 2 aromatic rings. The molecule has 2 rings (SSSR count). The lowest BCUT2D eigenvalue weighted by Gasteiger charge is -2.01. The summed E-state index contributed by atoms with van der Waals surface area (Å²) in [6.07, 6.45) is 0. The number of furan rings is 1. The topological polar surface area (TPSA) is 39.2 Å². The number of hydrogen-bond donors (Lipinski definition) is 1. The van der Waals surface area contributed by atoms with E-state index >= 15 is 0 Å². The molecular weight excluding hydrogens is 280 g/mol. The summed E-state index contributed by atoms with van der Waals surface area (Å²) in [6.45, 7) is 0.240. The third-order valence-electron chi connectivity index (χ3n) is 2.14. The minimum absolute atomic E-state index is 0.189. The van der Waals surface area contributed by atoms with Gasteiger partial charge in [-0.2, -0.15) is 0 Å². The van der Waals surface area contributed by atoms with Crippen LogP contribution >= 0.6 is 15.9 Å². The first kappa shape index (κ1) is 11.3. The van der Waals surface area contributed by atoms with Crippen LogP contribution in [0.25, 0.3) is 11.3 Å². The predicted molar refractivity (Wildman–Crippen MR) is 59.7 cm³/mol. The highest BCUT2D eigenvalue weighted by Crippen LogP contribution is 2.29. The van der Waals surface area contributed by atoms with E-state index in [2.05, 4.69) is 15.9 Å². The minimum Gasteiger partial charge on any atom is -0.460 e. The number of benzene rings is 1. The van der Waals surface area contributed by atoms with Crippen LogP contribution in [-0.4, -0.2) is 0 Å². The molecule has 0 atom stereocenters. The molecule has 0 aliphatic heterocycles. The lowest BCUT2D eigenvalue weighted by Crippen LogP contribution is -1.92. The maximum Gasteiger partial charge on any atom is 0.140 e. The Kier molecular flexibility index (Phi) is 3.07. The summed E-state index contributed by atoms with van der Waals surface area (Å²) in [6, 6.07) is 5.41. The van der Waals surface area contributed by atoms with Gasteiger partial charge in [0.25, 0.3) is 0 Å². The number of rotatable bonds is 2. The van der Waals surface area contributed by atoms with E-state index in [1.165, 1.54) is 6.07 Å². The molecule has 1 aromatic carbocycles. The third kappa shape index (κ3) is 2.01. The van der Waals surface area contributed by atoms with Gasteiger partial charge in [-0.25, -0.2) is 8.78 Å². The molecule has 0 fully saturated rings. The smallest absolute Gasteiger partial charge is 0.140 e. The second kappa shape index (κ2) is 4.35. The zero-order chi connectivity index (χ0) is 11.7. The molecule has 1 aromatic heterocycles. The van der Waals surface area contributed by atoms with Crippen LogP contribution in [0.2, 0.25) is 0 Å². The summed E-state index contributed by atoms with van der Waals surface area (Å²) >= 11 is 2.99. The highest BCUT2D eigenvalue weighted by atomic mass is 79.9. The predicted octanol–water partition coefficient (Wildman–Crippen LogP) is 3.45. The molecule has 84 valence electrons. The van der Waals surface area contributed by atoms with Crippen molar-refractivity contribution in [2.45, 2.75) is 6.54 Å². The van der Waals surface area contributed by atoms with Gasteiger partial charge in [-0.3, -0.25) is 0 Å². The van der Waals surface area contributed by atoms with Crippen molar-refractivity contribution < 1.29 is 13.2 Å². The van der Waals surface area contributed by atoms with Gasteiger partial charge in [0.05, 0.1) is 16.6 Å². The number of nitrogens with two attached hydrogens (primary N) is 1. The van der Waals surface area contributed by atoms with Gasteiger partial charge in [0.15, 0.2) is 0 Å². The standard InChI is InChI=1S/C11H8BrF2NO/c12-8-3-7(9(13)4-10(8)14)11-2-1-6(5-15)16-11/h1-4H,5,15H2. The fourth-order valence-corrected chi connectivity index (χ4v) is 1.69. The Morgan fingerprint density at radius 1 is 1.19 bits per heavy atom. The highest BCUT2D eigenvalue weighted by Gasteiger charge is 2.13. The van der Waals surface area contributed by atoms with Crippen molar-refractivity contribution in [2.75, 3.05) is 0 Å². The molecule has 16 heavy (non-hydrogen) atoms. The monoisotopic (exact) mass is 287 g/mol. The number of halogens is 3. The molecule has 0 aliphatic carbocycles. The van der Waals surface area contributed by atoms with Crippen LogP contribution in [0.3, 0.4) is 0 Å². The minimum atomic E-state index is -0.668. The van der Waals surface area contributed by atoms with Crippen LogP contribution in [-0.2, 0) is 6.54 Å². The van der Waals surface area contributed by atoms with Crippen LogP contribution in [0, 0.1) is 11.6 Å². The van der Waals surface area contributed by atoms with Gasteiger partial charge in [0, 0.05) is 6.07 Å². The molecule has 0 radical (unpaired) electrons. The molecule has 0 unspecified atom stereocenters. The Labute approximate surface area is 99.2 Å². The molecular formula is C11H8BrF2NO. The summed E-state index contributed by atoms with van der Waals surface area (Å²) in [5.41, 5.74) is 5.58. The fourth-order valence-electron chi connectivity index (χ4n) is 1.34. The Bertz CT molecular complexity index is 525. The molecule has 0 bridgehead atoms. The molecule has 2 N–H and O–H groups in total. The summed E-state index contributed by atoms with van der Waals surface area (Å²) < 4.78 is 32.0. The summed E-state index contributed by atoms with van der Waals surface area (Å²) in [7, 11) is 0. The maximum atomic E-state index is 13.5. The molecule has 0 aliphatic rings. The van der Waals surface area contributed by atoms with Crippen molar-refractivity contribution in [3.8, 4) is 11.3 Å². The van der Waals surface area contributed by atoms with E-state index < -0.39 is 11.6 Å². The van der Waals surface area contributed by atoms with Gasteiger partial charge < -0.3 is 10.2 Å². The largest absolute Gasteiger partial charge is 0.460 e. The zero-order valence-corrected chi connectivity index (χ0v) is 9.72. The van der Waals surface area contributed by atoms with Crippen LogP contribution < -0.4 is 5.73 Å². The van der Waals surface area contributed by atoms with Crippen molar-refractivity contribution in [3.05, 3.63) is 46.1 Å². The van der Waals surface area contributed by atoms with E-state index in [-0.39, 0.29) is 16.6 Å². The normalized spacial score (nSPS) is 10.8. The van der Waals surface area contributed by atoms with Crippen molar-refractivity contribution >= 4 is 15.9 Å². The molecule has 0 saturated heterocycles. The molecule has 0 spiro atoms. The van der Waals surface area contributed by atoms with E-state index in [1.807, 2.05) is 0 Å². The Morgan fingerprint density at radius 3 is 2.56 bits per heavy atom. The van der Waals surface area contributed by atoms with Crippen LogP contribution in [0.1, 0.15) is 5.76 Å². The summed E-state index contributed by atoms with van der Waals surface area (Å²) in [5.74, 6) is -0.432. The average Bonchev–Trinajstić information content (AvgIpc) is 2.71. The molecule has 0 saturated carbocycles. The van der Waals surface area contributed by atoms with E-state index in [0.29, 0.717) is 11.5 Å². The van der Waals surface area contributed by atoms with E-state index in [9.17, 15) is 8.78 Å². The molecule has 2 nitrogen and oxygen atoms in total. The second-order valence-corrected chi connectivity index (χ2v) is 4.07. The van der Waals surface area contributed by atoms with Gasteiger partial charge in [-0.05, 0) is 34.1 Å². The van der Waals surface area contributed by atoms with Gasteiger partial charge in [-0.1, -0.05) is 0 Å². The number of hydrogen-bond acceptors (Lipinski definition) is 2. The van der Waals surface area contributed by atoms with Gasteiger partial charge in [0.2, 0.25) is 0 Å². The molecule has 5 heteroatoms. The van der Waals surface area contributed by atoms with Crippen LogP contribution in [0.15, 0.2) is 33.2 Å². The lowest BCUT2D eigenvalue weighted by atomic mass is 10.1. The zero-order valence-electron chi connectivity index (χ0n) is 8.14. The van der Waals surface area contributed by atoms with Crippen molar-refractivity contribution in [1.29, 1.82) is 0 Å². The lowest BCUT2D eigenvalue weighted by molar-refractivity contribution is 0.518. The quantitative estimate of drug-likeness (QED) is 0.860. The van der Waals surface area contributed by atoms with Gasteiger partial charge >= 0.3 is 0 Å². The first-order valence-corrected chi connectivity index (χ1v) is 5.35. The Morgan fingerprint density at radius 2 is 1.94 bits per heavy atom. The van der Waals surface area contributed by atoms with Crippen molar-refractivity contribution in [1.82, 2.24) is 0 Å². The Balaban J connectivity index is 2.51. The maximum absolute atomic E-state index is 13.5. The SMILES string of the molecule is NCc1ccc(-c2cc(Br)c(F)cc2F)o1. The van der Waals surface area contributed by atoms with Crippen LogP contribution in [0.4, 0.5) is 8.78 Å². The highest BCUT2D eigenvalue weighted by molar-refractivity contribution is 9.10. The van der Waals surface area contributed by atoms with Crippen LogP contribution in [0.5, 0.6) is 0 Å². The third-order valence-corrected chi connectivity index (χ3v) is 2.75. The van der Waals surface area contributed by atoms with E-state index in [4.69, 9.17) is 10.2 Å². The van der Waals surface area contributed by atoms with E-state index in [1.54, 1.807) is 12.1 Å². The van der Waals surface area contributed by atoms with Crippen molar-refractivity contribution in [2.24, 2.45) is 5.73 Å². The first-order chi connectivity index (χ1) is 7.61. The molecule has 0 amide bonds. The first-order valence-electron chi connectivity index (χ1n) is 4.55. The Hall–Kier alpha value is -1.20. The van der Waals surface area contributed by atoms with E-state index in [0.717, 1.165) is 6.07 Å². The van der Waals surface area contributed by atoms with Crippen molar-refractivity contribution in [3.63, 3.8) is 0 Å². The summed E-state index contributed by atoms with van der Waals surface area (Å²) in [5, 5.41) is 0. The molecule has 1 heterocycles. The van der Waals surface area contributed by atoms with Gasteiger partial charge in [-0.15, -0.1) is 0 Å². The second-order valence-electron chi connectivity index (χ2n) is 3.22. The average molecular weight is 288 g/mol. The fraction of sp³-hybridized carbons (Fsp3) is 0.0909. The summed E-state index contributed by atoms with van der Waals surface area (Å²) in [4.78, 5) is 0.